The minimum Gasteiger partial charge on any atom is -0.495 e. The van der Waals surface area contributed by atoms with E-state index in [4.69, 9.17) is 10.5 Å². The maximum atomic E-state index is 10.7. The minimum atomic E-state index is -0.848. The van der Waals surface area contributed by atoms with Crippen molar-refractivity contribution in [2.24, 2.45) is 0 Å². The normalized spacial score (nSPS) is 12.3. The van der Waals surface area contributed by atoms with Crippen molar-refractivity contribution >= 4 is 16.5 Å². The number of methoxy groups -OCH3 is 1. The van der Waals surface area contributed by atoms with E-state index in [0.717, 1.165) is 16.3 Å². The Bertz CT molecular complexity index is 781. The monoisotopic (exact) mass is 280 g/mol. The molecule has 1 unspecified atom stereocenters. The van der Waals surface area contributed by atoms with Gasteiger partial charge in [0.05, 0.1) is 12.8 Å². The Morgan fingerprint density at radius 1 is 1.05 bits per heavy atom. The van der Waals surface area contributed by atoms with Gasteiger partial charge in [0.1, 0.15) is 11.9 Å². The van der Waals surface area contributed by atoms with Crippen LogP contribution in [0.4, 0.5) is 5.69 Å². The fourth-order valence-corrected chi connectivity index (χ4v) is 2.50. The highest BCUT2D eigenvalue weighted by molar-refractivity contribution is 5.85. The second kappa shape index (κ2) is 5.42. The van der Waals surface area contributed by atoms with Crippen LogP contribution in [0.2, 0.25) is 0 Å². The average molecular weight is 280 g/mol. The number of pyridine rings is 1. The van der Waals surface area contributed by atoms with Crippen LogP contribution < -0.4 is 10.5 Å². The van der Waals surface area contributed by atoms with Gasteiger partial charge in [0.25, 0.3) is 0 Å². The number of hydrogen-bond donors (Lipinski definition) is 2. The second-order valence-electron chi connectivity index (χ2n) is 4.82. The summed E-state index contributed by atoms with van der Waals surface area (Å²) in [5.41, 5.74) is 7.86. The van der Waals surface area contributed by atoms with Crippen molar-refractivity contribution in [3.05, 3.63) is 66.0 Å². The summed E-state index contributed by atoms with van der Waals surface area (Å²) in [5.74, 6) is 0.555. The molecule has 3 aromatic rings. The summed E-state index contributed by atoms with van der Waals surface area (Å²) < 4.78 is 5.21. The Morgan fingerprint density at radius 2 is 1.86 bits per heavy atom. The fourth-order valence-electron chi connectivity index (χ4n) is 2.50. The van der Waals surface area contributed by atoms with Crippen LogP contribution in [0.15, 0.2) is 54.9 Å². The van der Waals surface area contributed by atoms with Crippen molar-refractivity contribution in [1.29, 1.82) is 0 Å². The summed E-state index contributed by atoms with van der Waals surface area (Å²) in [6, 6.07) is 13.2. The first kappa shape index (κ1) is 13.4. The number of aromatic nitrogens is 1. The van der Waals surface area contributed by atoms with E-state index in [9.17, 15) is 5.11 Å². The van der Waals surface area contributed by atoms with Gasteiger partial charge >= 0.3 is 0 Å². The highest BCUT2D eigenvalue weighted by Gasteiger charge is 2.18. The predicted molar refractivity (Wildman–Crippen MR) is 83.2 cm³/mol. The van der Waals surface area contributed by atoms with E-state index >= 15 is 0 Å². The smallest absolute Gasteiger partial charge is 0.142 e. The van der Waals surface area contributed by atoms with Crippen LogP contribution in [0.25, 0.3) is 10.8 Å². The third kappa shape index (κ3) is 2.30. The molecular weight excluding hydrogens is 264 g/mol. The number of aliphatic hydroxyl groups excluding tert-OH is 1. The van der Waals surface area contributed by atoms with Crippen molar-refractivity contribution in [2.45, 2.75) is 6.10 Å². The molecule has 21 heavy (non-hydrogen) atoms. The van der Waals surface area contributed by atoms with Gasteiger partial charge in [-0.2, -0.15) is 0 Å². The number of para-hydroxylation sites is 1. The van der Waals surface area contributed by atoms with E-state index < -0.39 is 6.10 Å². The van der Waals surface area contributed by atoms with Gasteiger partial charge in [-0.15, -0.1) is 0 Å². The molecule has 1 heterocycles. The van der Waals surface area contributed by atoms with E-state index in [1.165, 1.54) is 0 Å². The molecule has 0 fully saturated rings. The molecule has 0 saturated heterocycles. The average Bonchev–Trinajstić information content (AvgIpc) is 2.54. The van der Waals surface area contributed by atoms with Crippen LogP contribution in [-0.2, 0) is 0 Å². The number of anilines is 1. The van der Waals surface area contributed by atoms with Crippen molar-refractivity contribution in [2.75, 3.05) is 12.8 Å². The molecule has 3 rings (SSSR count). The summed E-state index contributed by atoms with van der Waals surface area (Å²) in [7, 11) is 1.56. The number of hydrogen-bond acceptors (Lipinski definition) is 4. The number of nitrogen functional groups attached to an aromatic ring is 1. The predicted octanol–water partition coefficient (Wildman–Crippen LogP) is 2.91. The quantitative estimate of drug-likeness (QED) is 0.724. The number of ether oxygens (including phenoxy) is 1. The Balaban J connectivity index is 2.15. The molecule has 0 radical (unpaired) electrons. The SMILES string of the molecule is COc1cccc(C(O)c2cncc3ccccc23)c1N. The number of nitrogens with zero attached hydrogens (tertiary/aromatic N) is 1. The molecule has 106 valence electrons. The molecule has 2 aromatic carbocycles. The molecule has 1 atom stereocenters. The molecule has 0 bridgehead atoms. The third-order valence-corrected chi connectivity index (χ3v) is 3.61. The lowest BCUT2D eigenvalue weighted by Gasteiger charge is -2.17. The van der Waals surface area contributed by atoms with E-state index in [1.54, 1.807) is 31.6 Å². The molecule has 4 heteroatoms. The van der Waals surface area contributed by atoms with Crippen LogP contribution >= 0.6 is 0 Å². The van der Waals surface area contributed by atoms with Crippen LogP contribution in [0.1, 0.15) is 17.2 Å². The summed E-state index contributed by atoms with van der Waals surface area (Å²) in [4.78, 5) is 4.20. The van der Waals surface area contributed by atoms with Gasteiger partial charge in [-0.1, -0.05) is 36.4 Å². The first-order valence-electron chi connectivity index (χ1n) is 6.65. The molecule has 1 aromatic heterocycles. The van der Waals surface area contributed by atoms with Gasteiger partial charge in [0.15, 0.2) is 0 Å². The topological polar surface area (TPSA) is 68.4 Å². The first-order chi connectivity index (χ1) is 10.2. The van der Waals surface area contributed by atoms with Crippen LogP contribution in [0.5, 0.6) is 5.75 Å². The highest BCUT2D eigenvalue weighted by Crippen LogP contribution is 2.34. The lowest BCUT2D eigenvalue weighted by Crippen LogP contribution is -2.06. The molecule has 0 saturated carbocycles. The lowest BCUT2D eigenvalue weighted by molar-refractivity contribution is 0.222. The Morgan fingerprint density at radius 3 is 2.67 bits per heavy atom. The molecule has 4 nitrogen and oxygen atoms in total. The largest absolute Gasteiger partial charge is 0.495 e. The third-order valence-electron chi connectivity index (χ3n) is 3.61. The summed E-state index contributed by atoms with van der Waals surface area (Å²) in [6.45, 7) is 0. The zero-order valence-electron chi connectivity index (χ0n) is 11.7. The van der Waals surface area contributed by atoms with Crippen molar-refractivity contribution < 1.29 is 9.84 Å². The number of aliphatic hydroxyl groups is 1. The van der Waals surface area contributed by atoms with Gasteiger partial charge in [0.2, 0.25) is 0 Å². The van der Waals surface area contributed by atoms with Crippen LogP contribution in [0.3, 0.4) is 0 Å². The Hall–Kier alpha value is -2.59. The fraction of sp³-hybridized carbons (Fsp3) is 0.118. The summed E-state index contributed by atoms with van der Waals surface area (Å²) in [6.07, 6.45) is 2.60. The van der Waals surface area contributed by atoms with E-state index in [0.29, 0.717) is 17.0 Å². The Labute approximate surface area is 122 Å². The van der Waals surface area contributed by atoms with E-state index in [2.05, 4.69) is 4.98 Å². The number of rotatable bonds is 3. The molecule has 0 amide bonds. The zero-order chi connectivity index (χ0) is 14.8. The maximum absolute atomic E-state index is 10.7. The number of nitrogens with two attached hydrogens (primary N) is 1. The Kier molecular flexibility index (Phi) is 3.46. The van der Waals surface area contributed by atoms with Crippen molar-refractivity contribution in [3.63, 3.8) is 0 Å². The zero-order valence-corrected chi connectivity index (χ0v) is 11.7. The maximum Gasteiger partial charge on any atom is 0.142 e. The molecule has 0 spiro atoms. The van der Waals surface area contributed by atoms with E-state index in [-0.39, 0.29) is 0 Å². The lowest BCUT2D eigenvalue weighted by atomic mass is 9.97. The number of benzene rings is 2. The van der Waals surface area contributed by atoms with Crippen LogP contribution in [0, 0.1) is 0 Å². The standard InChI is InChI=1S/C17H16N2O2/c1-21-15-8-4-7-13(16(15)18)17(20)14-10-19-9-11-5-2-3-6-12(11)14/h2-10,17,20H,18H2,1H3. The molecule has 3 N–H and O–H groups in total. The van der Waals surface area contributed by atoms with Crippen molar-refractivity contribution in [1.82, 2.24) is 4.98 Å². The van der Waals surface area contributed by atoms with Gasteiger partial charge in [0, 0.05) is 28.9 Å². The molecular formula is C17H16N2O2. The van der Waals surface area contributed by atoms with Crippen molar-refractivity contribution in [3.8, 4) is 5.75 Å². The molecule has 0 aliphatic heterocycles. The second-order valence-corrected chi connectivity index (χ2v) is 4.82. The summed E-state index contributed by atoms with van der Waals surface area (Å²) in [5, 5.41) is 12.7. The van der Waals surface area contributed by atoms with Gasteiger partial charge in [-0.25, -0.2) is 0 Å². The van der Waals surface area contributed by atoms with E-state index in [1.807, 2.05) is 30.3 Å². The van der Waals surface area contributed by atoms with Crippen LogP contribution in [-0.4, -0.2) is 17.2 Å². The minimum absolute atomic E-state index is 0.445. The highest BCUT2D eigenvalue weighted by atomic mass is 16.5. The molecule has 0 aliphatic rings. The number of fused-ring (bicyclic) bond motifs is 1. The van der Waals surface area contributed by atoms with Gasteiger partial charge in [-0.3, -0.25) is 4.98 Å². The first-order valence-corrected chi connectivity index (χ1v) is 6.65. The summed E-state index contributed by atoms with van der Waals surface area (Å²) >= 11 is 0. The molecule has 0 aliphatic carbocycles. The van der Waals surface area contributed by atoms with Gasteiger partial charge in [-0.05, 0) is 11.5 Å². The van der Waals surface area contributed by atoms with Gasteiger partial charge < -0.3 is 15.6 Å².